The molecule has 2 amide bonds. The normalized spacial score (nSPS) is 14.6. The Morgan fingerprint density at radius 2 is 1.78 bits per heavy atom. The molecule has 0 radical (unpaired) electrons. The van der Waals surface area contributed by atoms with Gasteiger partial charge in [0.25, 0.3) is 11.8 Å². The number of carbonyl (C=O) groups is 2. The summed E-state index contributed by atoms with van der Waals surface area (Å²) >= 11 is 3.45. The van der Waals surface area contributed by atoms with Crippen LogP contribution in [0.4, 0.5) is 0 Å². The van der Waals surface area contributed by atoms with Gasteiger partial charge >= 0.3 is 0 Å². The maximum absolute atomic E-state index is 12.9. The van der Waals surface area contributed by atoms with Crippen LogP contribution in [0.3, 0.4) is 0 Å². The van der Waals surface area contributed by atoms with Gasteiger partial charge < -0.3 is 14.2 Å². The molecule has 0 spiro atoms. The number of benzene rings is 1. The number of amides is 2. The van der Waals surface area contributed by atoms with Gasteiger partial charge in [0, 0.05) is 54.0 Å². The molecule has 0 aliphatic carbocycles. The van der Waals surface area contributed by atoms with Crippen molar-refractivity contribution in [1.82, 2.24) is 14.8 Å². The second kappa shape index (κ2) is 7.15. The molecule has 4 rings (SSSR count). The fourth-order valence-electron chi connectivity index (χ4n) is 3.33. The molecule has 0 bridgehead atoms. The van der Waals surface area contributed by atoms with Crippen LogP contribution >= 0.6 is 15.9 Å². The standard InChI is InChI=1S/C20H18BrN3O3/c1-13-16-11-15(21)4-5-17(16)27-18(13)20(26)24-9-7-23(8-10-24)19(25)14-3-2-6-22-12-14/h2-6,11-12H,7-10H2,1H3. The Hall–Kier alpha value is -2.67. The van der Waals surface area contributed by atoms with Gasteiger partial charge in [-0.15, -0.1) is 0 Å². The largest absolute Gasteiger partial charge is 0.451 e. The molecule has 1 aliphatic heterocycles. The van der Waals surface area contributed by atoms with Gasteiger partial charge in [-0.2, -0.15) is 0 Å². The van der Waals surface area contributed by atoms with Gasteiger partial charge in [0.15, 0.2) is 5.76 Å². The van der Waals surface area contributed by atoms with Crippen LogP contribution in [0.5, 0.6) is 0 Å². The van der Waals surface area contributed by atoms with Gasteiger partial charge in [-0.3, -0.25) is 14.6 Å². The average Bonchev–Trinajstić information content (AvgIpc) is 3.04. The lowest BCUT2D eigenvalue weighted by molar-refractivity contribution is 0.0518. The lowest BCUT2D eigenvalue weighted by atomic mass is 10.1. The number of fused-ring (bicyclic) bond motifs is 1. The minimum atomic E-state index is -0.131. The first-order valence-corrected chi connectivity index (χ1v) is 9.51. The van der Waals surface area contributed by atoms with Crippen LogP contribution < -0.4 is 0 Å². The molecule has 0 N–H and O–H groups in total. The van der Waals surface area contributed by atoms with Gasteiger partial charge in [0.2, 0.25) is 0 Å². The number of halogens is 1. The molecule has 0 atom stereocenters. The highest BCUT2D eigenvalue weighted by Gasteiger charge is 2.28. The number of hydrogen-bond acceptors (Lipinski definition) is 4. The molecule has 3 aromatic rings. The number of carbonyl (C=O) groups excluding carboxylic acids is 2. The first-order valence-electron chi connectivity index (χ1n) is 8.72. The number of hydrogen-bond donors (Lipinski definition) is 0. The third-order valence-corrected chi connectivity index (χ3v) is 5.35. The van der Waals surface area contributed by atoms with Crippen molar-refractivity contribution in [3.05, 3.63) is 64.1 Å². The van der Waals surface area contributed by atoms with Crippen molar-refractivity contribution in [2.24, 2.45) is 0 Å². The van der Waals surface area contributed by atoms with Crippen molar-refractivity contribution in [2.45, 2.75) is 6.92 Å². The van der Waals surface area contributed by atoms with Crippen LogP contribution in [0.2, 0.25) is 0 Å². The summed E-state index contributed by atoms with van der Waals surface area (Å²) in [6.45, 7) is 3.83. The zero-order valence-electron chi connectivity index (χ0n) is 14.8. The fraction of sp³-hybridized carbons (Fsp3) is 0.250. The minimum absolute atomic E-state index is 0.0556. The molecule has 0 saturated carbocycles. The molecule has 1 aromatic carbocycles. The zero-order chi connectivity index (χ0) is 19.0. The Labute approximate surface area is 164 Å². The monoisotopic (exact) mass is 427 g/mol. The highest BCUT2D eigenvalue weighted by Crippen LogP contribution is 2.29. The minimum Gasteiger partial charge on any atom is -0.451 e. The van der Waals surface area contributed by atoms with Gasteiger partial charge in [0.1, 0.15) is 5.58 Å². The van der Waals surface area contributed by atoms with Crippen molar-refractivity contribution in [2.75, 3.05) is 26.2 Å². The average molecular weight is 428 g/mol. The first kappa shape index (κ1) is 17.7. The lowest BCUT2D eigenvalue weighted by Gasteiger charge is -2.34. The summed E-state index contributed by atoms with van der Waals surface area (Å²) < 4.78 is 6.76. The first-order chi connectivity index (χ1) is 13.0. The SMILES string of the molecule is Cc1c(C(=O)N2CCN(C(=O)c3cccnc3)CC2)oc2ccc(Br)cc12. The molecule has 138 valence electrons. The van der Waals surface area contributed by atoms with Crippen molar-refractivity contribution < 1.29 is 14.0 Å². The van der Waals surface area contributed by atoms with E-state index in [1.54, 1.807) is 34.3 Å². The van der Waals surface area contributed by atoms with Crippen molar-refractivity contribution >= 4 is 38.7 Å². The van der Waals surface area contributed by atoms with Crippen LogP contribution in [-0.4, -0.2) is 52.8 Å². The van der Waals surface area contributed by atoms with E-state index in [9.17, 15) is 9.59 Å². The Balaban J connectivity index is 1.48. The number of rotatable bonds is 2. The molecule has 1 aliphatic rings. The topological polar surface area (TPSA) is 66.7 Å². The molecule has 2 aromatic heterocycles. The Bertz CT molecular complexity index is 1010. The summed E-state index contributed by atoms with van der Waals surface area (Å²) in [6, 6.07) is 9.20. The van der Waals surface area contributed by atoms with Crippen LogP contribution in [0.1, 0.15) is 26.5 Å². The van der Waals surface area contributed by atoms with E-state index in [2.05, 4.69) is 20.9 Å². The Morgan fingerprint density at radius 1 is 1.07 bits per heavy atom. The summed E-state index contributed by atoms with van der Waals surface area (Å²) in [5, 5.41) is 0.929. The highest BCUT2D eigenvalue weighted by molar-refractivity contribution is 9.10. The number of aromatic nitrogens is 1. The number of aryl methyl sites for hydroxylation is 1. The summed E-state index contributed by atoms with van der Waals surface area (Å²) in [5.74, 6) is 0.184. The summed E-state index contributed by atoms with van der Waals surface area (Å²) in [6.07, 6.45) is 3.21. The van der Waals surface area contributed by atoms with E-state index >= 15 is 0 Å². The van der Waals surface area contributed by atoms with Crippen molar-refractivity contribution in [1.29, 1.82) is 0 Å². The molecule has 7 heteroatoms. The van der Waals surface area contributed by atoms with Gasteiger partial charge in [-0.1, -0.05) is 15.9 Å². The van der Waals surface area contributed by atoms with E-state index in [0.717, 1.165) is 15.4 Å². The summed E-state index contributed by atoms with van der Waals surface area (Å²) in [7, 11) is 0. The van der Waals surface area contributed by atoms with Gasteiger partial charge in [-0.25, -0.2) is 0 Å². The molecule has 3 heterocycles. The van der Waals surface area contributed by atoms with E-state index in [-0.39, 0.29) is 11.8 Å². The maximum Gasteiger partial charge on any atom is 0.290 e. The van der Waals surface area contributed by atoms with E-state index < -0.39 is 0 Å². The molecular formula is C20H18BrN3O3. The molecular weight excluding hydrogens is 410 g/mol. The molecule has 27 heavy (non-hydrogen) atoms. The maximum atomic E-state index is 12.9. The fourth-order valence-corrected chi connectivity index (χ4v) is 3.69. The smallest absolute Gasteiger partial charge is 0.290 e. The van der Waals surface area contributed by atoms with Crippen molar-refractivity contribution in [3.8, 4) is 0 Å². The molecule has 1 fully saturated rings. The van der Waals surface area contributed by atoms with E-state index in [1.807, 2.05) is 25.1 Å². The van der Waals surface area contributed by atoms with Crippen LogP contribution in [-0.2, 0) is 0 Å². The lowest BCUT2D eigenvalue weighted by Crippen LogP contribution is -2.50. The third-order valence-electron chi connectivity index (χ3n) is 4.86. The van der Waals surface area contributed by atoms with Crippen molar-refractivity contribution in [3.63, 3.8) is 0 Å². The van der Waals surface area contributed by atoms with Crippen LogP contribution in [0, 0.1) is 6.92 Å². The van der Waals surface area contributed by atoms with Crippen LogP contribution in [0.25, 0.3) is 11.0 Å². The number of pyridine rings is 1. The Kier molecular flexibility index (Phi) is 4.70. The van der Waals surface area contributed by atoms with Gasteiger partial charge in [0.05, 0.1) is 5.56 Å². The second-order valence-corrected chi connectivity index (χ2v) is 7.44. The van der Waals surface area contributed by atoms with E-state index in [4.69, 9.17) is 4.42 Å². The van der Waals surface area contributed by atoms with E-state index in [0.29, 0.717) is 43.1 Å². The van der Waals surface area contributed by atoms with Crippen LogP contribution in [0.15, 0.2) is 51.6 Å². The zero-order valence-corrected chi connectivity index (χ0v) is 16.4. The highest BCUT2D eigenvalue weighted by atomic mass is 79.9. The second-order valence-electron chi connectivity index (χ2n) is 6.52. The predicted octanol–water partition coefficient (Wildman–Crippen LogP) is 3.50. The number of furan rings is 1. The number of nitrogens with zero attached hydrogens (tertiary/aromatic N) is 3. The molecule has 0 unspecified atom stereocenters. The predicted molar refractivity (Wildman–Crippen MR) is 105 cm³/mol. The molecule has 1 saturated heterocycles. The summed E-state index contributed by atoms with van der Waals surface area (Å²) in [4.78, 5) is 32.9. The molecule has 6 nitrogen and oxygen atoms in total. The third kappa shape index (κ3) is 3.35. The Morgan fingerprint density at radius 3 is 2.44 bits per heavy atom. The van der Waals surface area contributed by atoms with E-state index in [1.165, 1.54) is 0 Å². The number of piperazine rings is 1. The quantitative estimate of drug-likeness (QED) is 0.627. The van der Waals surface area contributed by atoms with Gasteiger partial charge in [-0.05, 0) is 37.3 Å². The summed E-state index contributed by atoms with van der Waals surface area (Å²) in [5.41, 5.74) is 2.10.